The van der Waals surface area contributed by atoms with Crippen LogP contribution in [0.1, 0.15) is 0 Å². The maximum Gasteiger partial charge on any atom is 1.00 e. The van der Waals surface area contributed by atoms with Crippen LogP contribution in [-0.2, 0) is 0 Å². The van der Waals surface area contributed by atoms with E-state index in [1.54, 1.807) is 0 Å². The zero-order valence-corrected chi connectivity index (χ0v) is 7.30. The molecule has 0 rings (SSSR count). The van der Waals surface area contributed by atoms with E-state index in [4.69, 9.17) is 15.3 Å². The molecule has 0 bridgehead atoms. The van der Waals surface area contributed by atoms with Gasteiger partial charge in [-0.15, -0.1) is 0 Å². The number of hydrogen-bond donors (Lipinski definition) is 0. The molecule has 0 saturated carbocycles. The molecule has 0 fully saturated rings. The standard InChI is InChI=1S/K.NO3.3H2O/c;2-1(3)4;;;/h;;3*1H2/q+1;-1;;;. The maximum absolute atomic E-state index is 8.25. The van der Waals surface area contributed by atoms with E-state index in [1.807, 2.05) is 0 Å². The molecule has 0 aromatic rings. The molecular weight excluding hydrogens is 149 g/mol. The molecule has 0 unspecified atom stereocenters. The third kappa shape index (κ3) is 428. The third-order valence-corrected chi connectivity index (χ3v) is 0. The fourth-order valence-electron chi connectivity index (χ4n) is 0. The van der Waals surface area contributed by atoms with Gasteiger partial charge >= 0.3 is 51.4 Å². The quantitative estimate of drug-likeness (QED) is 0.194. The van der Waals surface area contributed by atoms with Crippen LogP contribution in [0, 0.1) is 15.3 Å². The molecule has 0 spiro atoms. The smallest absolute Gasteiger partial charge is 0.412 e. The maximum atomic E-state index is 8.25. The largest absolute Gasteiger partial charge is 1.00 e. The molecule has 0 atom stereocenters. The summed E-state index contributed by atoms with van der Waals surface area (Å²) in [6.07, 6.45) is 0. The average Bonchev–Trinajstić information content (AvgIpc) is 0.811. The van der Waals surface area contributed by atoms with Gasteiger partial charge in [-0.3, -0.25) is 0 Å². The Bertz CT molecular complexity index is 31.5. The van der Waals surface area contributed by atoms with Gasteiger partial charge in [0.05, 0.1) is 5.09 Å². The van der Waals surface area contributed by atoms with Crippen LogP contribution in [0.15, 0.2) is 0 Å². The van der Waals surface area contributed by atoms with Crippen LogP contribution in [0.3, 0.4) is 0 Å². The monoisotopic (exact) mass is 155 g/mol. The second-order valence-corrected chi connectivity index (χ2v) is 0.224. The van der Waals surface area contributed by atoms with Crippen molar-refractivity contribution < 1.29 is 72.9 Å². The Labute approximate surface area is 87.1 Å². The Morgan fingerprint density at radius 3 is 1.00 bits per heavy atom. The van der Waals surface area contributed by atoms with Crippen LogP contribution < -0.4 is 51.4 Å². The molecule has 6 N–H and O–H groups in total. The fourth-order valence-corrected chi connectivity index (χ4v) is 0. The number of rotatable bonds is 0. The van der Waals surface area contributed by atoms with Crippen molar-refractivity contribution in [3.8, 4) is 0 Å². The first-order valence-electron chi connectivity index (χ1n) is 0.548. The van der Waals surface area contributed by atoms with Crippen LogP contribution in [0.5, 0.6) is 0 Å². The molecule has 0 saturated heterocycles. The summed E-state index contributed by atoms with van der Waals surface area (Å²) in [5, 5.41) is 14.8. The summed E-state index contributed by atoms with van der Waals surface area (Å²) in [5.74, 6) is 0. The minimum absolute atomic E-state index is 0. The number of nitrogens with zero attached hydrogens (tertiary/aromatic N) is 1. The molecule has 8 heteroatoms. The molecule has 8 heavy (non-hydrogen) atoms. The molecule has 48 valence electrons. The van der Waals surface area contributed by atoms with Crippen LogP contribution >= 0.6 is 0 Å². The Hall–Kier alpha value is 0.716. The van der Waals surface area contributed by atoms with Crippen molar-refractivity contribution in [1.82, 2.24) is 0 Å². The molecule has 0 aromatic carbocycles. The first kappa shape index (κ1) is 37.6. The van der Waals surface area contributed by atoms with Crippen LogP contribution in [0.2, 0.25) is 0 Å². The Morgan fingerprint density at radius 2 is 1.00 bits per heavy atom. The normalized spacial score (nSPS) is 3.00. The summed E-state index contributed by atoms with van der Waals surface area (Å²) in [6.45, 7) is 0. The summed E-state index contributed by atoms with van der Waals surface area (Å²) >= 11 is 0. The average molecular weight is 155 g/mol. The molecule has 0 aromatic heterocycles. The van der Waals surface area contributed by atoms with Gasteiger partial charge in [-0.1, -0.05) is 0 Å². The van der Waals surface area contributed by atoms with Crippen molar-refractivity contribution in [3.05, 3.63) is 15.3 Å². The van der Waals surface area contributed by atoms with Crippen molar-refractivity contribution in [3.63, 3.8) is 0 Å². The predicted molar refractivity (Wildman–Crippen MR) is 21.2 cm³/mol. The van der Waals surface area contributed by atoms with E-state index in [-0.39, 0.29) is 67.8 Å². The van der Waals surface area contributed by atoms with Crippen LogP contribution in [0.4, 0.5) is 0 Å². The van der Waals surface area contributed by atoms with Gasteiger partial charge in [0.25, 0.3) is 0 Å². The summed E-state index contributed by atoms with van der Waals surface area (Å²) < 4.78 is 0. The molecule has 0 amide bonds. The molecule has 0 aliphatic heterocycles. The van der Waals surface area contributed by atoms with E-state index in [0.29, 0.717) is 0 Å². The zero-order chi connectivity index (χ0) is 3.58. The fraction of sp³-hybridized carbons (Fsp3) is 0. The van der Waals surface area contributed by atoms with Gasteiger partial charge < -0.3 is 31.8 Å². The van der Waals surface area contributed by atoms with E-state index >= 15 is 0 Å². The second kappa shape index (κ2) is 25.2. The molecular formula is H6KNO6. The van der Waals surface area contributed by atoms with E-state index in [9.17, 15) is 0 Å². The van der Waals surface area contributed by atoms with Gasteiger partial charge in [-0.25, -0.2) is 0 Å². The first-order chi connectivity index (χ1) is 1.73. The minimum Gasteiger partial charge on any atom is -0.412 e. The SMILES string of the molecule is O.O.O.O=[N+]([O-])[O-].[K+]. The van der Waals surface area contributed by atoms with Crippen molar-refractivity contribution >= 4 is 0 Å². The second-order valence-electron chi connectivity index (χ2n) is 0.224. The molecule has 0 radical (unpaired) electrons. The van der Waals surface area contributed by atoms with Crippen molar-refractivity contribution in [2.24, 2.45) is 0 Å². The van der Waals surface area contributed by atoms with Crippen molar-refractivity contribution in [2.75, 3.05) is 0 Å². The van der Waals surface area contributed by atoms with Gasteiger partial charge in [0.1, 0.15) is 0 Å². The number of hydrogen-bond acceptors (Lipinski definition) is 3. The molecule has 0 heterocycles. The first-order valence-corrected chi connectivity index (χ1v) is 0.548. The Morgan fingerprint density at radius 1 is 1.00 bits per heavy atom. The molecule has 7 nitrogen and oxygen atoms in total. The van der Waals surface area contributed by atoms with E-state index in [2.05, 4.69) is 0 Å². The van der Waals surface area contributed by atoms with Gasteiger partial charge in [0.15, 0.2) is 0 Å². The predicted octanol–water partition coefficient (Wildman–Crippen LogP) is -5.71. The van der Waals surface area contributed by atoms with Crippen LogP contribution in [0.25, 0.3) is 0 Å². The van der Waals surface area contributed by atoms with E-state index in [0.717, 1.165) is 0 Å². The van der Waals surface area contributed by atoms with E-state index in [1.165, 1.54) is 0 Å². The minimum atomic E-state index is -1.75. The van der Waals surface area contributed by atoms with Gasteiger partial charge in [0.2, 0.25) is 0 Å². The summed E-state index contributed by atoms with van der Waals surface area (Å²) in [6, 6.07) is 0. The Balaban J connectivity index is -0.00000000750. The van der Waals surface area contributed by atoms with Crippen LogP contribution in [-0.4, -0.2) is 21.5 Å². The third-order valence-electron chi connectivity index (χ3n) is 0. The topological polar surface area (TPSA) is 161 Å². The van der Waals surface area contributed by atoms with Gasteiger partial charge in [-0.05, 0) is 0 Å². The molecule has 0 aliphatic rings. The van der Waals surface area contributed by atoms with Crippen molar-refractivity contribution in [2.45, 2.75) is 0 Å². The summed E-state index contributed by atoms with van der Waals surface area (Å²) in [5.41, 5.74) is 0. The van der Waals surface area contributed by atoms with Gasteiger partial charge in [0, 0.05) is 0 Å². The zero-order valence-electron chi connectivity index (χ0n) is 4.17. The Kier molecular flexibility index (Phi) is 118. The summed E-state index contributed by atoms with van der Waals surface area (Å²) in [7, 11) is 0. The summed E-state index contributed by atoms with van der Waals surface area (Å²) in [4.78, 5) is 8.25. The molecule has 0 aliphatic carbocycles. The van der Waals surface area contributed by atoms with E-state index < -0.39 is 5.09 Å². The van der Waals surface area contributed by atoms with Gasteiger partial charge in [-0.2, -0.15) is 0 Å². The van der Waals surface area contributed by atoms with Crippen molar-refractivity contribution in [1.29, 1.82) is 0 Å².